The molecule has 0 saturated carbocycles. The summed E-state index contributed by atoms with van der Waals surface area (Å²) in [7, 11) is 0. The van der Waals surface area contributed by atoms with Gasteiger partial charge in [0.25, 0.3) is 0 Å². The van der Waals surface area contributed by atoms with Crippen molar-refractivity contribution in [2.24, 2.45) is 0 Å². The van der Waals surface area contributed by atoms with Crippen LogP contribution in [-0.4, -0.2) is 54.8 Å². The van der Waals surface area contributed by atoms with Crippen LogP contribution in [-0.2, 0) is 4.74 Å². The van der Waals surface area contributed by atoms with E-state index in [1.807, 2.05) is 37.6 Å². The number of para-hydroxylation sites is 1. The number of piperidine rings is 1. The van der Waals surface area contributed by atoms with Gasteiger partial charge in [-0.05, 0) is 51.8 Å². The van der Waals surface area contributed by atoms with E-state index in [0.29, 0.717) is 29.9 Å². The second-order valence-electron chi connectivity index (χ2n) is 8.53. The number of aromatic nitrogens is 4. The predicted molar refractivity (Wildman–Crippen MR) is 113 cm³/mol. The minimum atomic E-state index is -0.547. The average Bonchev–Trinajstić information content (AvgIpc) is 3.03. The fourth-order valence-electron chi connectivity index (χ4n) is 3.70. The molecule has 3 heterocycles. The molecule has 1 amide bonds. The van der Waals surface area contributed by atoms with Crippen molar-refractivity contribution in [3.05, 3.63) is 30.3 Å². The monoisotopic (exact) mass is 410 g/mol. The van der Waals surface area contributed by atoms with Crippen LogP contribution in [0.5, 0.6) is 5.75 Å². The number of carbonyl (C=O) groups excluding carboxylic acids is 1. The number of ether oxygens (including phenoxy) is 1. The van der Waals surface area contributed by atoms with E-state index < -0.39 is 5.60 Å². The minimum Gasteiger partial charge on any atom is -0.507 e. The third kappa shape index (κ3) is 3.87. The van der Waals surface area contributed by atoms with Crippen molar-refractivity contribution in [3.8, 4) is 17.0 Å². The second kappa shape index (κ2) is 7.47. The first-order chi connectivity index (χ1) is 14.2. The maximum atomic E-state index is 12.5. The number of anilines is 1. The Morgan fingerprint density at radius 1 is 1.27 bits per heavy atom. The summed E-state index contributed by atoms with van der Waals surface area (Å²) in [6.45, 7) is 6.68. The van der Waals surface area contributed by atoms with Crippen LogP contribution >= 0.6 is 0 Å². The van der Waals surface area contributed by atoms with Gasteiger partial charge in [-0.2, -0.15) is 5.10 Å². The van der Waals surface area contributed by atoms with Crippen LogP contribution in [0.2, 0.25) is 0 Å². The molecule has 9 heteroatoms. The minimum absolute atomic E-state index is 0.0625. The predicted octanol–water partition coefficient (Wildman–Crippen LogP) is 3.35. The fourth-order valence-corrected chi connectivity index (χ4v) is 3.70. The lowest BCUT2D eigenvalue weighted by Gasteiger charge is -2.34. The molecule has 0 bridgehead atoms. The topological polar surface area (TPSA) is 119 Å². The van der Waals surface area contributed by atoms with Gasteiger partial charge < -0.3 is 20.5 Å². The largest absolute Gasteiger partial charge is 0.507 e. The summed E-state index contributed by atoms with van der Waals surface area (Å²) in [5.41, 5.74) is 7.88. The number of likely N-dealkylation sites (tertiary alicyclic amines) is 1. The molecule has 3 N–H and O–H groups in total. The van der Waals surface area contributed by atoms with Crippen LogP contribution in [0.15, 0.2) is 30.3 Å². The van der Waals surface area contributed by atoms with Crippen molar-refractivity contribution in [2.45, 2.75) is 45.3 Å². The average molecular weight is 410 g/mol. The summed E-state index contributed by atoms with van der Waals surface area (Å²) in [5, 5.41) is 23.1. The van der Waals surface area contributed by atoms with Crippen LogP contribution < -0.4 is 5.73 Å². The molecule has 0 spiro atoms. The lowest BCUT2D eigenvalue weighted by molar-refractivity contribution is 0.0169. The van der Waals surface area contributed by atoms with Crippen LogP contribution in [0.4, 0.5) is 10.6 Å². The number of hydrogen-bond acceptors (Lipinski definition) is 7. The molecular weight excluding hydrogens is 384 g/mol. The number of amides is 1. The molecule has 1 aromatic carbocycles. The summed E-state index contributed by atoms with van der Waals surface area (Å²) < 4.78 is 7.35. The Bertz CT molecular complexity index is 1090. The highest BCUT2D eigenvalue weighted by atomic mass is 16.6. The first-order valence-electron chi connectivity index (χ1n) is 10.0. The van der Waals surface area contributed by atoms with Gasteiger partial charge in [-0.15, -0.1) is 10.2 Å². The zero-order chi connectivity index (χ0) is 21.5. The quantitative estimate of drug-likeness (QED) is 0.665. The van der Waals surface area contributed by atoms with E-state index in [9.17, 15) is 9.90 Å². The fraction of sp³-hybridized carbons (Fsp3) is 0.429. The van der Waals surface area contributed by atoms with E-state index in [1.54, 1.807) is 23.1 Å². The third-order valence-corrected chi connectivity index (χ3v) is 5.05. The smallest absolute Gasteiger partial charge is 0.410 e. The number of benzene rings is 1. The summed E-state index contributed by atoms with van der Waals surface area (Å²) in [4.78, 5) is 14.2. The zero-order valence-electron chi connectivity index (χ0n) is 17.4. The van der Waals surface area contributed by atoms with E-state index >= 15 is 0 Å². The number of hydrogen-bond donors (Lipinski definition) is 2. The molecule has 3 aromatic rings. The molecule has 1 aliphatic rings. The van der Waals surface area contributed by atoms with Gasteiger partial charge in [0.1, 0.15) is 11.4 Å². The van der Waals surface area contributed by atoms with Gasteiger partial charge in [-0.25, -0.2) is 4.79 Å². The molecule has 1 saturated heterocycles. The lowest BCUT2D eigenvalue weighted by atomic mass is 10.1. The second-order valence-corrected chi connectivity index (χ2v) is 8.53. The van der Waals surface area contributed by atoms with Crippen LogP contribution in [0.3, 0.4) is 0 Å². The number of fused-ring (bicyclic) bond motifs is 1. The molecule has 1 unspecified atom stereocenters. The number of nitrogen functional groups attached to an aromatic ring is 1. The van der Waals surface area contributed by atoms with Crippen molar-refractivity contribution in [3.63, 3.8) is 0 Å². The Morgan fingerprint density at radius 2 is 2.03 bits per heavy atom. The number of aromatic hydroxyl groups is 1. The number of phenols is 1. The first kappa shape index (κ1) is 19.9. The summed E-state index contributed by atoms with van der Waals surface area (Å²) in [6.07, 6.45) is 1.35. The standard InChI is InChI=1S/C21H26N6O3/c1-21(2,3)30-20(29)26-10-6-7-13(12-26)27-16-11-15(14-8-4-5-9-17(14)28)23-24-18(16)19(22)25-27/h4-5,8-9,11,13,28H,6-7,10,12H2,1-3H3,(H2,22,25). The van der Waals surface area contributed by atoms with Crippen LogP contribution in [0.1, 0.15) is 39.7 Å². The van der Waals surface area contributed by atoms with Crippen LogP contribution in [0.25, 0.3) is 22.3 Å². The molecule has 9 nitrogen and oxygen atoms in total. The van der Waals surface area contributed by atoms with Gasteiger partial charge in [0.05, 0.1) is 17.3 Å². The highest BCUT2D eigenvalue weighted by Gasteiger charge is 2.30. The Morgan fingerprint density at radius 3 is 2.77 bits per heavy atom. The molecule has 1 atom stereocenters. The van der Waals surface area contributed by atoms with Gasteiger partial charge >= 0.3 is 6.09 Å². The number of nitrogens with zero attached hydrogens (tertiary/aromatic N) is 5. The zero-order valence-corrected chi connectivity index (χ0v) is 17.4. The SMILES string of the molecule is CC(C)(C)OC(=O)N1CCCC(n2nc(N)c3nnc(-c4ccccc4O)cc32)C1. The van der Waals surface area contributed by atoms with E-state index in [2.05, 4.69) is 15.3 Å². The normalized spacial score (nSPS) is 17.3. The number of nitrogens with two attached hydrogens (primary N) is 1. The van der Waals surface area contributed by atoms with Crippen molar-refractivity contribution < 1.29 is 14.6 Å². The summed E-state index contributed by atoms with van der Waals surface area (Å²) >= 11 is 0. The highest BCUT2D eigenvalue weighted by Crippen LogP contribution is 2.32. The van der Waals surface area contributed by atoms with Gasteiger partial charge in [0.15, 0.2) is 11.3 Å². The molecule has 1 fully saturated rings. The maximum Gasteiger partial charge on any atom is 0.410 e. The maximum absolute atomic E-state index is 12.5. The Labute approximate surface area is 174 Å². The van der Waals surface area contributed by atoms with Crippen molar-refractivity contribution in [1.29, 1.82) is 0 Å². The number of rotatable bonds is 2. The summed E-state index contributed by atoms with van der Waals surface area (Å²) in [6, 6.07) is 8.72. The molecule has 0 radical (unpaired) electrons. The molecule has 0 aliphatic carbocycles. The molecule has 1 aliphatic heterocycles. The van der Waals surface area contributed by atoms with Crippen molar-refractivity contribution in [1.82, 2.24) is 24.9 Å². The number of carbonyl (C=O) groups is 1. The van der Waals surface area contributed by atoms with E-state index in [1.165, 1.54) is 0 Å². The first-order valence-corrected chi connectivity index (χ1v) is 10.0. The van der Waals surface area contributed by atoms with E-state index in [-0.39, 0.29) is 23.7 Å². The molecule has 2 aromatic heterocycles. The van der Waals surface area contributed by atoms with Crippen LogP contribution in [0, 0.1) is 0 Å². The Kier molecular flexibility index (Phi) is 4.97. The van der Waals surface area contributed by atoms with Gasteiger partial charge in [-0.3, -0.25) is 4.68 Å². The third-order valence-electron chi connectivity index (χ3n) is 5.05. The highest BCUT2D eigenvalue weighted by molar-refractivity contribution is 5.87. The van der Waals surface area contributed by atoms with E-state index in [0.717, 1.165) is 18.4 Å². The number of phenolic OH excluding ortho intramolecular Hbond substituents is 1. The summed E-state index contributed by atoms with van der Waals surface area (Å²) in [5.74, 6) is 0.412. The van der Waals surface area contributed by atoms with E-state index in [4.69, 9.17) is 10.5 Å². The molecule has 158 valence electrons. The molecule has 4 rings (SSSR count). The van der Waals surface area contributed by atoms with Crippen molar-refractivity contribution >= 4 is 22.9 Å². The lowest BCUT2D eigenvalue weighted by Crippen LogP contribution is -2.43. The Balaban J connectivity index is 1.67. The molecular formula is C21H26N6O3. The van der Waals surface area contributed by atoms with Gasteiger partial charge in [0.2, 0.25) is 0 Å². The van der Waals surface area contributed by atoms with Crippen molar-refractivity contribution in [2.75, 3.05) is 18.8 Å². The Hall–Kier alpha value is -3.36. The van der Waals surface area contributed by atoms with Gasteiger partial charge in [-0.1, -0.05) is 12.1 Å². The van der Waals surface area contributed by atoms with Gasteiger partial charge in [0, 0.05) is 18.7 Å². The molecule has 30 heavy (non-hydrogen) atoms.